The third-order valence-electron chi connectivity index (χ3n) is 4.15. The summed E-state index contributed by atoms with van der Waals surface area (Å²) in [4.78, 5) is 37.2. The minimum Gasteiger partial charge on any atom is -0.480 e. The van der Waals surface area contributed by atoms with Gasteiger partial charge in [0.1, 0.15) is 18.1 Å². The molecule has 0 saturated heterocycles. The van der Waals surface area contributed by atoms with Crippen LogP contribution in [0.3, 0.4) is 0 Å². The van der Waals surface area contributed by atoms with Crippen molar-refractivity contribution in [2.24, 2.45) is 5.73 Å². The van der Waals surface area contributed by atoms with Gasteiger partial charge in [-0.1, -0.05) is 24.3 Å². The molecule has 0 bridgehead atoms. The molecule has 3 atom stereocenters. The number of aliphatic hydroxyl groups excluding tert-OH is 2. The second kappa shape index (κ2) is 8.06. The highest BCUT2D eigenvalue weighted by Crippen LogP contribution is 2.24. The zero-order valence-corrected chi connectivity index (χ0v) is 13.5. The third kappa shape index (κ3) is 4.13. The molecule has 0 fully saturated rings. The van der Waals surface area contributed by atoms with Crippen LogP contribution in [0.2, 0.25) is 0 Å². The maximum Gasteiger partial charge on any atom is 0.328 e. The van der Waals surface area contributed by atoms with Crippen molar-refractivity contribution in [2.75, 3.05) is 13.2 Å². The topological polar surface area (TPSA) is 153 Å². The molecule has 136 valence electrons. The molecule has 1 aliphatic heterocycles. The number of nitrogens with zero attached hydrogens (tertiary/aromatic N) is 1. The first-order valence-corrected chi connectivity index (χ1v) is 7.76. The summed E-state index contributed by atoms with van der Waals surface area (Å²) in [6, 6.07) is 3.64. The van der Waals surface area contributed by atoms with Crippen LogP contribution in [0.15, 0.2) is 24.3 Å². The number of carboxylic acids is 1. The molecule has 0 aliphatic carbocycles. The van der Waals surface area contributed by atoms with Crippen molar-refractivity contribution < 1.29 is 29.7 Å². The van der Waals surface area contributed by atoms with Crippen LogP contribution in [-0.4, -0.2) is 69.3 Å². The van der Waals surface area contributed by atoms with Gasteiger partial charge in [0.25, 0.3) is 0 Å². The Morgan fingerprint density at radius 1 is 1.20 bits per heavy atom. The Bertz CT molecular complexity index is 665. The molecule has 0 radical (unpaired) electrons. The number of carbonyl (C=O) groups excluding carboxylic acids is 2. The van der Waals surface area contributed by atoms with Crippen molar-refractivity contribution in [3.63, 3.8) is 0 Å². The van der Waals surface area contributed by atoms with E-state index in [0.717, 1.165) is 11.1 Å². The van der Waals surface area contributed by atoms with Gasteiger partial charge < -0.3 is 31.3 Å². The van der Waals surface area contributed by atoms with Gasteiger partial charge in [0.05, 0.1) is 13.2 Å². The van der Waals surface area contributed by atoms with Gasteiger partial charge in [-0.15, -0.1) is 0 Å². The highest BCUT2D eigenvalue weighted by Gasteiger charge is 2.37. The zero-order valence-electron chi connectivity index (χ0n) is 13.5. The summed E-state index contributed by atoms with van der Waals surface area (Å²) < 4.78 is 0. The van der Waals surface area contributed by atoms with E-state index in [-0.39, 0.29) is 13.0 Å². The van der Waals surface area contributed by atoms with E-state index in [0.29, 0.717) is 0 Å². The van der Waals surface area contributed by atoms with E-state index in [9.17, 15) is 14.4 Å². The van der Waals surface area contributed by atoms with Crippen LogP contribution in [0.4, 0.5) is 0 Å². The molecule has 0 spiro atoms. The summed E-state index contributed by atoms with van der Waals surface area (Å²) in [5, 5.41) is 29.4. The number of amides is 2. The Labute approximate surface area is 144 Å². The lowest BCUT2D eigenvalue weighted by atomic mass is 9.92. The Kier molecular flexibility index (Phi) is 6.07. The van der Waals surface area contributed by atoms with Crippen LogP contribution >= 0.6 is 0 Å². The molecule has 1 heterocycles. The van der Waals surface area contributed by atoms with Gasteiger partial charge in [0.2, 0.25) is 11.8 Å². The van der Waals surface area contributed by atoms with Gasteiger partial charge in [-0.3, -0.25) is 9.59 Å². The fourth-order valence-corrected chi connectivity index (χ4v) is 2.73. The molecule has 2 amide bonds. The Balaban J connectivity index is 2.29. The maximum absolute atomic E-state index is 12.5. The molecule has 2 rings (SSSR count). The van der Waals surface area contributed by atoms with Gasteiger partial charge in [-0.2, -0.15) is 0 Å². The second-order valence-electron chi connectivity index (χ2n) is 5.83. The molecule has 0 aromatic heterocycles. The maximum atomic E-state index is 12.5. The predicted molar refractivity (Wildman–Crippen MR) is 86.2 cm³/mol. The highest BCUT2D eigenvalue weighted by molar-refractivity contribution is 5.92. The quantitative estimate of drug-likeness (QED) is 0.390. The fourth-order valence-electron chi connectivity index (χ4n) is 2.73. The molecule has 9 heteroatoms. The van der Waals surface area contributed by atoms with Gasteiger partial charge in [-0.25, -0.2) is 4.79 Å². The molecule has 0 unspecified atom stereocenters. The highest BCUT2D eigenvalue weighted by atomic mass is 16.4. The monoisotopic (exact) mass is 351 g/mol. The van der Waals surface area contributed by atoms with Crippen molar-refractivity contribution >= 4 is 17.8 Å². The normalized spacial score (nSPS) is 18.8. The van der Waals surface area contributed by atoms with Crippen molar-refractivity contribution in [3.05, 3.63) is 35.4 Å². The smallest absolute Gasteiger partial charge is 0.328 e. The SMILES string of the molecule is N[C@@H](CO)C(=O)N1Cc2ccccc2C[C@H]1C(=O)N[C@@H](CO)C(=O)O. The number of nitrogens with one attached hydrogen (secondary N) is 1. The number of carboxylic acid groups (broad SMARTS) is 1. The van der Waals surface area contributed by atoms with Crippen LogP contribution < -0.4 is 11.1 Å². The number of aliphatic carboxylic acids is 1. The number of carbonyl (C=O) groups is 3. The predicted octanol–water partition coefficient (Wildman–Crippen LogP) is -2.18. The average Bonchev–Trinajstić information content (AvgIpc) is 2.63. The fraction of sp³-hybridized carbons (Fsp3) is 0.438. The Hall–Kier alpha value is -2.49. The van der Waals surface area contributed by atoms with Crippen molar-refractivity contribution in [1.29, 1.82) is 0 Å². The van der Waals surface area contributed by atoms with E-state index in [2.05, 4.69) is 5.32 Å². The van der Waals surface area contributed by atoms with Gasteiger partial charge in [0, 0.05) is 13.0 Å². The molecule has 0 saturated carbocycles. The summed E-state index contributed by atoms with van der Waals surface area (Å²) in [7, 11) is 0. The first-order valence-electron chi connectivity index (χ1n) is 7.76. The van der Waals surface area contributed by atoms with Crippen molar-refractivity contribution in [1.82, 2.24) is 10.2 Å². The number of hydrogen-bond donors (Lipinski definition) is 5. The lowest BCUT2D eigenvalue weighted by molar-refractivity contribution is -0.147. The van der Waals surface area contributed by atoms with Crippen LogP contribution in [0, 0.1) is 0 Å². The lowest BCUT2D eigenvalue weighted by Crippen LogP contribution is -2.59. The molecular weight excluding hydrogens is 330 g/mol. The summed E-state index contributed by atoms with van der Waals surface area (Å²) in [5.74, 6) is -2.68. The summed E-state index contributed by atoms with van der Waals surface area (Å²) in [5.41, 5.74) is 7.31. The van der Waals surface area contributed by atoms with Crippen LogP contribution in [0.5, 0.6) is 0 Å². The van der Waals surface area contributed by atoms with E-state index in [1.165, 1.54) is 4.90 Å². The first kappa shape index (κ1) is 18.8. The van der Waals surface area contributed by atoms with Crippen LogP contribution in [0.1, 0.15) is 11.1 Å². The van der Waals surface area contributed by atoms with Crippen LogP contribution in [-0.2, 0) is 27.3 Å². The standard InChI is InChI=1S/C16H21N3O6/c17-11(7-20)15(23)19-6-10-4-2-1-3-9(10)5-13(19)14(22)18-12(8-21)16(24)25/h1-4,11-13,20-21H,5-8,17H2,(H,18,22)(H,24,25)/t11-,12-,13-/m0/s1. The van der Waals surface area contributed by atoms with Gasteiger partial charge in [-0.05, 0) is 11.1 Å². The largest absolute Gasteiger partial charge is 0.480 e. The van der Waals surface area contributed by atoms with Crippen molar-refractivity contribution in [2.45, 2.75) is 31.1 Å². The van der Waals surface area contributed by atoms with E-state index in [1.54, 1.807) is 12.1 Å². The summed E-state index contributed by atoms with van der Waals surface area (Å²) in [6.07, 6.45) is 0.184. The van der Waals surface area contributed by atoms with E-state index >= 15 is 0 Å². The van der Waals surface area contributed by atoms with E-state index in [4.69, 9.17) is 21.1 Å². The van der Waals surface area contributed by atoms with Crippen LogP contribution in [0.25, 0.3) is 0 Å². The first-order chi connectivity index (χ1) is 11.9. The Morgan fingerprint density at radius 2 is 1.84 bits per heavy atom. The molecular formula is C16H21N3O6. The molecule has 1 aromatic rings. The summed E-state index contributed by atoms with van der Waals surface area (Å²) >= 11 is 0. The summed E-state index contributed by atoms with van der Waals surface area (Å²) in [6.45, 7) is -1.22. The van der Waals surface area contributed by atoms with Crippen molar-refractivity contribution in [3.8, 4) is 0 Å². The molecule has 9 nitrogen and oxygen atoms in total. The number of hydrogen-bond acceptors (Lipinski definition) is 6. The minimum atomic E-state index is -1.46. The third-order valence-corrected chi connectivity index (χ3v) is 4.15. The number of benzene rings is 1. The number of fused-ring (bicyclic) bond motifs is 1. The zero-order chi connectivity index (χ0) is 18.6. The minimum absolute atomic E-state index is 0.123. The average molecular weight is 351 g/mol. The Morgan fingerprint density at radius 3 is 2.40 bits per heavy atom. The molecule has 1 aromatic carbocycles. The lowest BCUT2D eigenvalue weighted by Gasteiger charge is -2.37. The molecule has 25 heavy (non-hydrogen) atoms. The number of rotatable bonds is 6. The van der Waals surface area contributed by atoms with E-state index in [1.807, 2.05) is 12.1 Å². The number of aliphatic hydroxyl groups is 2. The number of nitrogens with two attached hydrogens (primary N) is 1. The second-order valence-corrected chi connectivity index (χ2v) is 5.83. The van der Waals surface area contributed by atoms with E-state index < -0.39 is 49.1 Å². The van der Waals surface area contributed by atoms with Gasteiger partial charge >= 0.3 is 5.97 Å². The molecule has 6 N–H and O–H groups in total. The molecule has 1 aliphatic rings. The van der Waals surface area contributed by atoms with Gasteiger partial charge in [0.15, 0.2) is 0 Å².